The number of hydrogen-bond donors (Lipinski definition) is 1. The third-order valence-electron chi connectivity index (χ3n) is 3.85. The second kappa shape index (κ2) is 8.10. The molecule has 0 aromatic heterocycles. The quantitative estimate of drug-likeness (QED) is 0.767. The van der Waals surface area contributed by atoms with Crippen molar-refractivity contribution in [2.24, 2.45) is 11.8 Å². The summed E-state index contributed by atoms with van der Waals surface area (Å²) >= 11 is 0. The van der Waals surface area contributed by atoms with Gasteiger partial charge in [0.1, 0.15) is 6.61 Å². The van der Waals surface area contributed by atoms with Gasteiger partial charge in [-0.05, 0) is 37.6 Å². The van der Waals surface area contributed by atoms with Gasteiger partial charge in [0.15, 0.2) is 0 Å². The Morgan fingerprint density at radius 3 is 2.37 bits per heavy atom. The van der Waals surface area contributed by atoms with Gasteiger partial charge in [-0.15, -0.1) is 0 Å². The highest BCUT2D eigenvalue weighted by Crippen LogP contribution is 2.30. The van der Waals surface area contributed by atoms with Crippen LogP contribution in [0.5, 0.6) is 0 Å². The number of rotatable bonds is 7. The zero-order valence-corrected chi connectivity index (χ0v) is 11.9. The van der Waals surface area contributed by atoms with Gasteiger partial charge in [0, 0.05) is 6.04 Å². The first-order valence-electron chi connectivity index (χ1n) is 7.30. The van der Waals surface area contributed by atoms with Gasteiger partial charge in [0.05, 0.1) is 6.61 Å². The van der Waals surface area contributed by atoms with Crippen molar-refractivity contribution in [2.45, 2.75) is 58.2 Å². The molecule has 5 heteroatoms. The van der Waals surface area contributed by atoms with Crippen LogP contribution in [-0.4, -0.2) is 32.0 Å². The van der Waals surface area contributed by atoms with Crippen LogP contribution >= 0.6 is 0 Å². The summed E-state index contributed by atoms with van der Waals surface area (Å²) in [5.41, 5.74) is 0. The molecule has 1 fully saturated rings. The minimum atomic E-state index is -4.23. The van der Waals surface area contributed by atoms with Crippen LogP contribution in [0.25, 0.3) is 0 Å². The van der Waals surface area contributed by atoms with Crippen LogP contribution in [0.15, 0.2) is 0 Å². The van der Waals surface area contributed by atoms with E-state index in [1.54, 1.807) is 0 Å². The second-order valence-electron chi connectivity index (χ2n) is 5.71. The number of ether oxygens (including phenoxy) is 1. The molecule has 2 nitrogen and oxygen atoms in total. The number of hydrogen-bond acceptors (Lipinski definition) is 2. The maximum atomic E-state index is 12.1. The maximum Gasteiger partial charge on any atom is 0.411 e. The van der Waals surface area contributed by atoms with E-state index < -0.39 is 12.8 Å². The lowest BCUT2D eigenvalue weighted by Crippen LogP contribution is -2.42. The number of alkyl halides is 3. The van der Waals surface area contributed by atoms with Crippen LogP contribution in [-0.2, 0) is 4.74 Å². The van der Waals surface area contributed by atoms with Crippen molar-refractivity contribution < 1.29 is 17.9 Å². The average Bonchev–Trinajstić information content (AvgIpc) is 2.33. The largest absolute Gasteiger partial charge is 0.411 e. The summed E-state index contributed by atoms with van der Waals surface area (Å²) in [6.45, 7) is 4.17. The smallest absolute Gasteiger partial charge is 0.370 e. The van der Waals surface area contributed by atoms with Gasteiger partial charge in [-0.3, -0.25) is 0 Å². The lowest BCUT2D eigenvalue weighted by molar-refractivity contribution is -0.176. The summed E-state index contributed by atoms with van der Waals surface area (Å²) in [6, 6.07) is 0.0646. The molecule has 1 atom stereocenters. The Hall–Kier alpha value is -0.290. The van der Waals surface area contributed by atoms with Crippen LogP contribution in [0, 0.1) is 11.8 Å². The first kappa shape index (κ1) is 16.8. The Kier molecular flexibility index (Phi) is 7.15. The Morgan fingerprint density at radius 2 is 1.84 bits per heavy atom. The average molecular weight is 281 g/mol. The van der Waals surface area contributed by atoms with E-state index in [4.69, 9.17) is 4.74 Å². The van der Waals surface area contributed by atoms with Gasteiger partial charge >= 0.3 is 6.18 Å². The molecule has 0 spiro atoms. The zero-order valence-electron chi connectivity index (χ0n) is 11.9. The lowest BCUT2D eigenvalue weighted by Gasteiger charge is -2.33. The molecule has 0 amide bonds. The normalized spacial score (nSPS) is 26.4. The molecule has 1 rings (SSSR count). The Labute approximate surface area is 114 Å². The van der Waals surface area contributed by atoms with Gasteiger partial charge in [-0.1, -0.05) is 26.7 Å². The predicted octanol–water partition coefficient (Wildman–Crippen LogP) is 3.76. The van der Waals surface area contributed by atoms with E-state index in [2.05, 4.69) is 19.2 Å². The van der Waals surface area contributed by atoms with Crippen molar-refractivity contribution >= 4 is 0 Å². The molecule has 0 saturated heterocycles. The third-order valence-corrected chi connectivity index (χ3v) is 3.85. The van der Waals surface area contributed by atoms with Crippen molar-refractivity contribution in [3.8, 4) is 0 Å². The van der Waals surface area contributed by atoms with Crippen LogP contribution in [0.3, 0.4) is 0 Å². The summed E-state index contributed by atoms with van der Waals surface area (Å²) in [7, 11) is 0. The highest BCUT2D eigenvalue weighted by atomic mass is 19.4. The first-order chi connectivity index (χ1) is 8.92. The number of halogens is 3. The minimum Gasteiger partial charge on any atom is -0.370 e. The SMILES string of the molecule is CCCNC(COCC(F)(F)F)C1CCC(C)CC1. The van der Waals surface area contributed by atoms with Crippen molar-refractivity contribution in [1.82, 2.24) is 5.32 Å². The van der Waals surface area contributed by atoms with E-state index in [9.17, 15) is 13.2 Å². The van der Waals surface area contributed by atoms with Crippen molar-refractivity contribution in [2.75, 3.05) is 19.8 Å². The maximum absolute atomic E-state index is 12.1. The molecule has 0 aromatic rings. The van der Waals surface area contributed by atoms with Gasteiger partial charge < -0.3 is 10.1 Å². The molecule has 0 aliphatic heterocycles. The molecule has 0 radical (unpaired) electrons. The fourth-order valence-corrected chi connectivity index (χ4v) is 2.68. The summed E-state index contributed by atoms with van der Waals surface area (Å²) in [4.78, 5) is 0. The lowest BCUT2D eigenvalue weighted by atomic mass is 9.79. The second-order valence-corrected chi connectivity index (χ2v) is 5.71. The molecule has 1 unspecified atom stereocenters. The van der Waals surface area contributed by atoms with Crippen LogP contribution in [0.1, 0.15) is 46.0 Å². The molecule has 0 aromatic carbocycles. The van der Waals surface area contributed by atoms with Crippen LogP contribution in [0.4, 0.5) is 13.2 Å². The summed E-state index contributed by atoms with van der Waals surface area (Å²) in [5, 5.41) is 3.35. The third kappa shape index (κ3) is 7.16. The van der Waals surface area contributed by atoms with Gasteiger partial charge in [0.2, 0.25) is 0 Å². The van der Waals surface area contributed by atoms with E-state index in [0.717, 1.165) is 31.7 Å². The molecular formula is C14H26F3NO. The topological polar surface area (TPSA) is 21.3 Å². The summed E-state index contributed by atoms with van der Waals surface area (Å²) in [5.74, 6) is 1.20. The monoisotopic (exact) mass is 281 g/mol. The summed E-state index contributed by atoms with van der Waals surface area (Å²) < 4.78 is 41.2. The molecule has 1 N–H and O–H groups in total. The fraction of sp³-hybridized carbons (Fsp3) is 1.00. The van der Waals surface area contributed by atoms with E-state index in [1.807, 2.05) is 0 Å². The fourth-order valence-electron chi connectivity index (χ4n) is 2.68. The van der Waals surface area contributed by atoms with Gasteiger partial charge in [-0.25, -0.2) is 0 Å². The van der Waals surface area contributed by atoms with E-state index in [-0.39, 0.29) is 12.6 Å². The Morgan fingerprint density at radius 1 is 1.21 bits per heavy atom. The van der Waals surface area contributed by atoms with E-state index >= 15 is 0 Å². The van der Waals surface area contributed by atoms with Crippen LogP contribution in [0.2, 0.25) is 0 Å². The van der Waals surface area contributed by atoms with E-state index in [0.29, 0.717) is 5.92 Å². The molecule has 0 heterocycles. The molecule has 1 saturated carbocycles. The molecule has 1 aliphatic rings. The highest BCUT2D eigenvalue weighted by Gasteiger charge is 2.30. The Balaban J connectivity index is 2.37. The molecular weight excluding hydrogens is 255 g/mol. The number of nitrogens with one attached hydrogen (secondary N) is 1. The van der Waals surface area contributed by atoms with Crippen molar-refractivity contribution in [3.63, 3.8) is 0 Å². The van der Waals surface area contributed by atoms with Crippen molar-refractivity contribution in [3.05, 3.63) is 0 Å². The predicted molar refractivity (Wildman–Crippen MR) is 70.1 cm³/mol. The first-order valence-corrected chi connectivity index (χ1v) is 7.30. The molecule has 1 aliphatic carbocycles. The zero-order chi connectivity index (χ0) is 14.3. The minimum absolute atomic E-state index is 0.0646. The van der Waals surface area contributed by atoms with Crippen LogP contribution < -0.4 is 5.32 Å². The molecule has 19 heavy (non-hydrogen) atoms. The van der Waals surface area contributed by atoms with E-state index in [1.165, 1.54) is 12.8 Å². The molecule has 114 valence electrons. The Bertz CT molecular complexity index is 237. The highest BCUT2D eigenvalue weighted by molar-refractivity contribution is 4.81. The molecule has 0 bridgehead atoms. The standard InChI is InChI=1S/C14H26F3NO/c1-3-8-18-13(9-19-10-14(15,16)17)12-6-4-11(2)5-7-12/h11-13,18H,3-10H2,1-2H3. The van der Waals surface area contributed by atoms with Crippen molar-refractivity contribution in [1.29, 1.82) is 0 Å². The van der Waals surface area contributed by atoms with Gasteiger partial charge in [0.25, 0.3) is 0 Å². The summed E-state index contributed by atoms with van der Waals surface area (Å²) in [6.07, 6.45) is 1.30. The van der Waals surface area contributed by atoms with Gasteiger partial charge in [-0.2, -0.15) is 13.2 Å².